The van der Waals surface area contributed by atoms with Gasteiger partial charge in [-0.05, 0) is 18.6 Å². The van der Waals surface area contributed by atoms with Gasteiger partial charge in [0.25, 0.3) is 0 Å². The van der Waals surface area contributed by atoms with Crippen LogP contribution in [0.1, 0.15) is 5.56 Å². The molecule has 4 heteroatoms. The number of para-hydroxylation sites is 1. The van der Waals surface area contributed by atoms with Gasteiger partial charge in [0, 0.05) is 0 Å². The minimum atomic E-state index is -0.605. The molecule has 0 fully saturated rings. The first-order chi connectivity index (χ1) is 5.61. The third kappa shape index (κ3) is 1.89. The maximum absolute atomic E-state index is 10.5. The van der Waals surface area contributed by atoms with Crippen molar-refractivity contribution in [1.82, 2.24) is 0 Å². The summed E-state index contributed by atoms with van der Waals surface area (Å²) in [6, 6.07) is 4.74. The molecule has 0 radical (unpaired) electrons. The lowest BCUT2D eigenvalue weighted by Gasteiger charge is -2.06. The second kappa shape index (κ2) is 3.45. The minimum absolute atomic E-state index is 0.494. The number of halogens is 1. The molecule has 0 bridgehead atoms. The quantitative estimate of drug-likeness (QED) is 0.690. The molecule has 2 amide bonds. The standard InChI is InChI=1S/C8H9ClN2O/c1-5-3-2-4-6(9)7(5)11-8(10)12/h2-4H,1H3,(H3,10,11,12). The van der Waals surface area contributed by atoms with Crippen molar-refractivity contribution < 1.29 is 4.79 Å². The van der Waals surface area contributed by atoms with Gasteiger partial charge in [0.15, 0.2) is 0 Å². The molecule has 3 nitrogen and oxygen atoms in total. The molecule has 0 aromatic heterocycles. The summed E-state index contributed by atoms with van der Waals surface area (Å²) in [4.78, 5) is 10.5. The summed E-state index contributed by atoms with van der Waals surface area (Å²) in [5.74, 6) is 0. The zero-order chi connectivity index (χ0) is 9.14. The van der Waals surface area contributed by atoms with E-state index in [0.29, 0.717) is 10.7 Å². The van der Waals surface area contributed by atoms with E-state index < -0.39 is 6.03 Å². The monoisotopic (exact) mass is 184 g/mol. The van der Waals surface area contributed by atoms with E-state index >= 15 is 0 Å². The maximum atomic E-state index is 10.5. The third-order valence-corrected chi connectivity index (χ3v) is 1.79. The average Bonchev–Trinajstić information content (AvgIpc) is 1.97. The van der Waals surface area contributed by atoms with Gasteiger partial charge >= 0.3 is 6.03 Å². The number of carbonyl (C=O) groups is 1. The van der Waals surface area contributed by atoms with Crippen LogP contribution in [0.15, 0.2) is 18.2 Å². The second-order valence-electron chi connectivity index (χ2n) is 2.42. The number of aryl methyl sites for hydroxylation is 1. The van der Waals surface area contributed by atoms with Gasteiger partial charge in [-0.15, -0.1) is 0 Å². The maximum Gasteiger partial charge on any atom is 0.316 e. The highest BCUT2D eigenvalue weighted by Crippen LogP contribution is 2.24. The van der Waals surface area contributed by atoms with Crippen LogP contribution < -0.4 is 11.1 Å². The Kier molecular flexibility index (Phi) is 2.55. The van der Waals surface area contributed by atoms with E-state index in [1.54, 1.807) is 6.07 Å². The molecule has 0 unspecified atom stereocenters. The number of carbonyl (C=O) groups excluding carboxylic acids is 1. The van der Waals surface area contributed by atoms with Crippen molar-refractivity contribution in [3.63, 3.8) is 0 Å². The fourth-order valence-corrected chi connectivity index (χ4v) is 1.18. The molecule has 64 valence electrons. The average molecular weight is 185 g/mol. The summed E-state index contributed by atoms with van der Waals surface area (Å²) in [5.41, 5.74) is 6.42. The molecule has 12 heavy (non-hydrogen) atoms. The van der Waals surface area contributed by atoms with Crippen LogP contribution in [0.25, 0.3) is 0 Å². The number of nitrogens with two attached hydrogens (primary N) is 1. The van der Waals surface area contributed by atoms with Crippen molar-refractivity contribution in [1.29, 1.82) is 0 Å². The number of rotatable bonds is 1. The topological polar surface area (TPSA) is 55.1 Å². The molecule has 0 heterocycles. The van der Waals surface area contributed by atoms with Crippen molar-refractivity contribution >= 4 is 23.3 Å². The van der Waals surface area contributed by atoms with Crippen molar-refractivity contribution in [2.75, 3.05) is 5.32 Å². The molecule has 0 spiro atoms. The van der Waals surface area contributed by atoms with Crippen LogP contribution in [-0.4, -0.2) is 6.03 Å². The lowest BCUT2D eigenvalue weighted by atomic mass is 10.2. The molecular formula is C8H9ClN2O. The van der Waals surface area contributed by atoms with Gasteiger partial charge in [0.2, 0.25) is 0 Å². The van der Waals surface area contributed by atoms with Gasteiger partial charge < -0.3 is 11.1 Å². The highest BCUT2D eigenvalue weighted by molar-refractivity contribution is 6.33. The molecule has 1 rings (SSSR count). The highest BCUT2D eigenvalue weighted by atomic mass is 35.5. The molecule has 0 atom stereocenters. The summed E-state index contributed by atoms with van der Waals surface area (Å²) in [6.07, 6.45) is 0. The Morgan fingerprint density at radius 1 is 1.58 bits per heavy atom. The molecule has 1 aromatic rings. The Balaban J connectivity index is 3.04. The van der Waals surface area contributed by atoms with E-state index in [1.165, 1.54) is 0 Å². The van der Waals surface area contributed by atoms with Gasteiger partial charge in [0.05, 0.1) is 10.7 Å². The number of benzene rings is 1. The molecule has 0 saturated heterocycles. The van der Waals surface area contributed by atoms with Crippen molar-refractivity contribution in [3.8, 4) is 0 Å². The number of nitrogens with one attached hydrogen (secondary N) is 1. The molecule has 1 aromatic carbocycles. The Bertz CT molecular complexity index is 292. The molecule has 0 aliphatic carbocycles. The van der Waals surface area contributed by atoms with Gasteiger partial charge in [-0.3, -0.25) is 0 Å². The number of hydrogen-bond donors (Lipinski definition) is 2. The van der Waals surface area contributed by atoms with Crippen LogP contribution in [0.2, 0.25) is 5.02 Å². The van der Waals surface area contributed by atoms with Crippen molar-refractivity contribution in [2.24, 2.45) is 5.73 Å². The number of primary amides is 1. The number of hydrogen-bond acceptors (Lipinski definition) is 1. The summed E-state index contributed by atoms with van der Waals surface area (Å²) >= 11 is 5.80. The number of anilines is 1. The minimum Gasteiger partial charge on any atom is -0.351 e. The predicted octanol–water partition coefficient (Wildman–Crippen LogP) is 2.14. The van der Waals surface area contributed by atoms with Crippen LogP contribution in [0.3, 0.4) is 0 Å². The first-order valence-corrected chi connectivity index (χ1v) is 3.80. The zero-order valence-electron chi connectivity index (χ0n) is 6.60. The zero-order valence-corrected chi connectivity index (χ0v) is 7.35. The van der Waals surface area contributed by atoms with E-state index in [2.05, 4.69) is 5.32 Å². The molecular weight excluding hydrogens is 176 g/mol. The third-order valence-electron chi connectivity index (χ3n) is 1.47. The van der Waals surface area contributed by atoms with E-state index in [0.717, 1.165) is 5.56 Å². The smallest absolute Gasteiger partial charge is 0.316 e. The largest absolute Gasteiger partial charge is 0.351 e. The lowest BCUT2D eigenvalue weighted by molar-refractivity contribution is 0.259. The van der Waals surface area contributed by atoms with Crippen molar-refractivity contribution in [3.05, 3.63) is 28.8 Å². The fraction of sp³-hybridized carbons (Fsp3) is 0.125. The predicted molar refractivity (Wildman–Crippen MR) is 49.4 cm³/mol. The van der Waals surface area contributed by atoms with Crippen LogP contribution in [0.4, 0.5) is 10.5 Å². The second-order valence-corrected chi connectivity index (χ2v) is 2.83. The summed E-state index contributed by atoms with van der Waals surface area (Å²) in [6.45, 7) is 1.84. The van der Waals surface area contributed by atoms with Crippen LogP contribution in [-0.2, 0) is 0 Å². The van der Waals surface area contributed by atoms with Gasteiger partial charge in [0.1, 0.15) is 0 Å². The Morgan fingerprint density at radius 2 is 2.25 bits per heavy atom. The molecule has 0 aliphatic heterocycles. The SMILES string of the molecule is Cc1cccc(Cl)c1NC(N)=O. The molecule has 0 saturated carbocycles. The van der Waals surface area contributed by atoms with Crippen LogP contribution in [0, 0.1) is 6.92 Å². The first-order valence-electron chi connectivity index (χ1n) is 3.43. The van der Waals surface area contributed by atoms with E-state index in [1.807, 2.05) is 19.1 Å². The molecule has 3 N–H and O–H groups in total. The van der Waals surface area contributed by atoms with Gasteiger partial charge in [-0.1, -0.05) is 23.7 Å². The number of urea groups is 1. The summed E-state index contributed by atoms with van der Waals surface area (Å²) < 4.78 is 0. The van der Waals surface area contributed by atoms with E-state index in [4.69, 9.17) is 17.3 Å². The first kappa shape index (κ1) is 8.87. The van der Waals surface area contributed by atoms with Crippen LogP contribution >= 0.6 is 11.6 Å². The Labute approximate surface area is 75.5 Å². The summed E-state index contributed by atoms with van der Waals surface area (Å²) in [7, 11) is 0. The summed E-state index contributed by atoms with van der Waals surface area (Å²) in [5, 5.41) is 2.94. The fourth-order valence-electron chi connectivity index (χ4n) is 0.913. The van der Waals surface area contributed by atoms with Gasteiger partial charge in [-0.2, -0.15) is 0 Å². The van der Waals surface area contributed by atoms with E-state index in [-0.39, 0.29) is 0 Å². The van der Waals surface area contributed by atoms with Crippen molar-refractivity contribution in [2.45, 2.75) is 6.92 Å². The Morgan fingerprint density at radius 3 is 2.75 bits per heavy atom. The van der Waals surface area contributed by atoms with Crippen LogP contribution in [0.5, 0.6) is 0 Å². The lowest BCUT2D eigenvalue weighted by Crippen LogP contribution is -2.20. The molecule has 0 aliphatic rings. The van der Waals surface area contributed by atoms with E-state index in [9.17, 15) is 4.79 Å². The number of amides is 2. The highest BCUT2D eigenvalue weighted by Gasteiger charge is 2.04. The Hall–Kier alpha value is -1.22. The normalized spacial score (nSPS) is 9.50. The van der Waals surface area contributed by atoms with Gasteiger partial charge in [-0.25, -0.2) is 4.79 Å².